The van der Waals surface area contributed by atoms with Crippen LogP contribution in [0.5, 0.6) is 0 Å². The fraction of sp³-hybridized carbons (Fsp3) is 0.462. The van der Waals surface area contributed by atoms with E-state index in [1.165, 1.54) is 22.3 Å². The Bertz CT molecular complexity index is 1490. The first-order valence-electron chi connectivity index (χ1n) is 17.3. The summed E-state index contributed by atoms with van der Waals surface area (Å²) >= 11 is 1.76. The Hall–Kier alpha value is -3.62. The summed E-state index contributed by atoms with van der Waals surface area (Å²) in [6, 6.07) is 27.5. The molecule has 248 valence electrons. The largest absolute Gasteiger partial charge is 0.347 e. The maximum atomic E-state index is 14.9. The van der Waals surface area contributed by atoms with Crippen molar-refractivity contribution >= 4 is 29.5 Å². The molecule has 0 spiro atoms. The minimum atomic E-state index is -0.666. The van der Waals surface area contributed by atoms with Crippen molar-refractivity contribution in [1.29, 1.82) is 0 Å². The van der Waals surface area contributed by atoms with Gasteiger partial charge in [-0.25, -0.2) is 0 Å². The second-order valence-electron chi connectivity index (χ2n) is 13.5. The van der Waals surface area contributed by atoms with Gasteiger partial charge in [0, 0.05) is 5.41 Å². The van der Waals surface area contributed by atoms with E-state index < -0.39 is 23.5 Å². The fourth-order valence-electron chi connectivity index (χ4n) is 7.85. The monoisotopic (exact) mass is 652 g/mol. The molecule has 0 saturated carbocycles. The van der Waals surface area contributed by atoms with E-state index in [9.17, 15) is 14.4 Å². The molecule has 3 aromatic carbocycles. The van der Waals surface area contributed by atoms with Crippen molar-refractivity contribution in [2.75, 3.05) is 12.8 Å². The van der Waals surface area contributed by atoms with Gasteiger partial charge < -0.3 is 20.9 Å². The smallest absolute Gasteiger partial charge is 0.246 e. The molecule has 0 radical (unpaired) electrons. The molecule has 0 unspecified atom stereocenters. The molecule has 2 saturated heterocycles. The third-order valence-electron chi connectivity index (χ3n) is 10.6. The topological polar surface area (TPSA) is 90.5 Å². The number of rotatable bonds is 11. The van der Waals surface area contributed by atoms with Crippen LogP contribution in [0.3, 0.4) is 0 Å². The predicted octanol–water partition coefficient (Wildman–Crippen LogP) is 5.59. The van der Waals surface area contributed by atoms with Crippen LogP contribution in [0.1, 0.15) is 73.7 Å². The highest BCUT2D eigenvalue weighted by atomic mass is 32.2. The van der Waals surface area contributed by atoms with Crippen molar-refractivity contribution in [2.45, 2.75) is 94.3 Å². The lowest BCUT2D eigenvalue weighted by Crippen LogP contribution is -2.59. The zero-order chi connectivity index (χ0) is 32.8. The van der Waals surface area contributed by atoms with Gasteiger partial charge in [-0.2, -0.15) is 0 Å². The highest BCUT2D eigenvalue weighted by Crippen LogP contribution is 2.52. The molecule has 3 N–H and O–H groups in total. The number of carbonyl (C=O) groups is 3. The maximum Gasteiger partial charge on any atom is 0.246 e. The van der Waals surface area contributed by atoms with Gasteiger partial charge in [0.1, 0.15) is 12.1 Å². The first-order chi connectivity index (χ1) is 22.9. The molecular weight excluding hydrogens is 605 g/mol. The minimum absolute atomic E-state index is 0.0696. The van der Waals surface area contributed by atoms with Gasteiger partial charge in [-0.15, -0.1) is 11.8 Å². The second-order valence-corrected chi connectivity index (χ2v) is 14.8. The lowest BCUT2D eigenvalue weighted by Gasteiger charge is -2.40. The zero-order valence-corrected chi connectivity index (χ0v) is 28.4. The van der Waals surface area contributed by atoms with Crippen LogP contribution in [-0.2, 0) is 33.6 Å². The number of aryl methyl sites for hydroxylation is 3. The number of thioether (sulfide) groups is 1. The number of amides is 3. The number of nitrogens with one attached hydrogen (secondary N) is 3. The van der Waals surface area contributed by atoms with E-state index in [2.05, 4.69) is 82.7 Å². The molecule has 5 atom stereocenters. The van der Waals surface area contributed by atoms with Crippen LogP contribution >= 0.6 is 11.8 Å². The van der Waals surface area contributed by atoms with E-state index in [4.69, 9.17) is 0 Å². The van der Waals surface area contributed by atoms with Crippen molar-refractivity contribution in [3.8, 4) is 0 Å². The zero-order valence-electron chi connectivity index (χ0n) is 27.6. The van der Waals surface area contributed by atoms with Crippen LogP contribution < -0.4 is 16.0 Å². The number of nitrogens with zero attached hydrogens (tertiary/aromatic N) is 1. The molecule has 3 aliphatic rings. The molecule has 7 nitrogen and oxygen atoms in total. The highest BCUT2D eigenvalue weighted by Gasteiger charge is 2.58. The number of hydrogen-bond donors (Lipinski definition) is 3. The predicted molar refractivity (Wildman–Crippen MR) is 189 cm³/mol. The van der Waals surface area contributed by atoms with Crippen LogP contribution in [0, 0.1) is 5.41 Å². The number of fused-ring (bicyclic) bond motifs is 2. The standard InChI is InChI=1S/C39H48N4O3S/c1-27(40-2)36(44)42-33-22-25-47-34-26-39(23-20-28-12-5-3-6-13-28,24-21-29-14-7-4-8-15-29)35(43(34)38(33)46)37(45)41-32-19-11-17-30-16-9-10-18-31(30)32/h3-10,12-16,18,27,32-35,40H,11,17,19-26H2,1-2H3,(H,41,45)(H,42,44)/t27-,32+,33-,34-,35+/m0/s1. The number of hydrogen-bond acceptors (Lipinski definition) is 5. The maximum absolute atomic E-state index is 14.9. The van der Waals surface area contributed by atoms with Gasteiger partial charge in [-0.05, 0) is 99.8 Å². The summed E-state index contributed by atoms with van der Waals surface area (Å²) in [5, 5.41) is 9.37. The summed E-state index contributed by atoms with van der Waals surface area (Å²) in [7, 11) is 1.74. The Balaban J connectivity index is 1.38. The van der Waals surface area contributed by atoms with E-state index in [1.807, 2.05) is 23.1 Å². The number of carbonyl (C=O) groups excluding carboxylic acids is 3. The lowest BCUT2D eigenvalue weighted by atomic mass is 9.71. The molecule has 2 aliphatic heterocycles. The Morgan fingerprint density at radius 1 is 0.872 bits per heavy atom. The van der Waals surface area contributed by atoms with E-state index in [0.717, 1.165) is 57.1 Å². The molecule has 0 bridgehead atoms. The van der Waals surface area contributed by atoms with E-state index in [0.29, 0.717) is 6.42 Å². The Morgan fingerprint density at radius 3 is 2.17 bits per heavy atom. The first kappa shape index (κ1) is 33.3. The van der Waals surface area contributed by atoms with Gasteiger partial charge in [0.2, 0.25) is 17.7 Å². The SMILES string of the molecule is CN[C@@H](C)C(=O)N[C@H]1CCS[C@H]2CC(CCc3ccccc3)(CCc3ccccc3)[C@@H](C(=O)N[C@@H]3CCCc4ccccc43)N2C1=O. The molecule has 3 aromatic rings. The molecule has 3 amide bonds. The minimum Gasteiger partial charge on any atom is -0.347 e. The van der Waals surface area contributed by atoms with Crippen molar-refractivity contribution in [3.05, 3.63) is 107 Å². The van der Waals surface area contributed by atoms with Crippen LogP contribution in [0.25, 0.3) is 0 Å². The highest BCUT2D eigenvalue weighted by molar-refractivity contribution is 7.99. The third-order valence-corrected chi connectivity index (χ3v) is 11.9. The number of likely N-dealkylation sites (N-methyl/N-ethyl adjacent to an activating group) is 1. The van der Waals surface area contributed by atoms with Gasteiger partial charge in [0.05, 0.1) is 17.5 Å². The van der Waals surface area contributed by atoms with Crippen LogP contribution in [-0.4, -0.2) is 58.9 Å². The second kappa shape index (κ2) is 15.1. The van der Waals surface area contributed by atoms with E-state index in [-0.39, 0.29) is 29.1 Å². The van der Waals surface area contributed by atoms with Crippen molar-refractivity contribution in [1.82, 2.24) is 20.9 Å². The third kappa shape index (κ3) is 7.44. The summed E-state index contributed by atoms with van der Waals surface area (Å²) in [5.74, 6) is 0.332. The summed E-state index contributed by atoms with van der Waals surface area (Å²) in [4.78, 5) is 44.5. The molecule has 6 rings (SSSR count). The Kier molecular flexibility index (Phi) is 10.7. The van der Waals surface area contributed by atoms with Crippen LogP contribution in [0.4, 0.5) is 0 Å². The van der Waals surface area contributed by atoms with Gasteiger partial charge in [0.15, 0.2) is 0 Å². The normalized spacial score (nSPS) is 24.0. The Morgan fingerprint density at radius 2 is 1.51 bits per heavy atom. The molecule has 8 heteroatoms. The molecular formula is C39H48N4O3S. The lowest BCUT2D eigenvalue weighted by molar-refractivity contribution is -0.144. The summed E-state index contributed by atoms with van der Waals surface area (Å²) < 4.78 is 0. The first-order valence-corrected chi connectivity index (χ1v) is 18.3. The average molecular weight is 653 g/mol. The molecule has 47 heavy (non-hydrogen) atoms. The molecule has 0 aromatic heterocycles. The quantitative estimate of drug-likeness (QED) is 0.252. The van der Waals surface area contributed by atoms with Gasteiger partial charge in [0.25, 0.3) is 0 Å². The van der Waals surface area contributed by atoms with Crippen LogP contribution in [0.15, 0.2) is 84.9 Å². The van der Waals surface area contributed by atoms with E-state index in [1.54, 1.807) is 25.7 Å². The molecule has 2 heterocycles. The fourth-order valence-corrected chi connectivity index (χ4v) is 9.33. The van der Waals surface area contributed by atoms with Gasteiger partial charge in [-0.1, -0.05) is 84.9 Å². The van der Waals surface area contributed by atoms with Crippen molar-refractivity contribution < 1.29 is 14.4 Å². The summed E-state index contributed by atoms with van der Waals surface area (Å²) in [6.45, 7) is 1.79. The Labute approximate surface area is 283 Å². The van der Waals surface area contributed by atoms with Gasteiger partial charge in [-0.3, -0.25) is 14.4 Å². The van der Waals surface area contributed by atoms with E-state index >= 15 is 0 Å². The van der Waals surface area contributed by atoms with Crippen LogP contribution in [0.2, 0.25) is 0 Å². The summed E-state index contributed by atoms with van der Waals surface area (Å²) in [5.41, 5.74) is 4.50. The molecule has 2 fully saturated rings. The van der Waals surface area contributed by atoms with Crippen molar-refractivity contribution in [3.63, 3.8) is 0 Å². The van der Waals surface area contributed by atoms with Crippen molar-refractivity contribution in [2.24, 2.45) is 5.41 Å². The summed E-state index contributed by atoms with van der Waals surface area (Å²) in [6.07, 6.45) is 7.42. The molecule has 1 aliphatic carbocycles. The van der Waals surface area contributed by atoms with Gasteiger partial charge >= 0.3 is 0 Å². The average Bonchev–Trinajstić information content (AvgIpc) is 3.36. The number of benzene rings is 3.